The Labute approximate surface area is 176 Å². The summed E-state index contributed by atoms with van der Waals surface area (Å²) in [5.74, 6) is -0.308. The van der Waals surface area contributed by atoms with E-state index in [1.807, 2.05) is 25.1 Å². The van der Waals surface area contributed by atoms with Crippen LogP contribution in [0, 0.1) is 6.92 Å². The van der Waals surface area contributed by atoms with E-state index in [1.165, 1.54) is 0 Å². The molecule has 1 amide bonds. The van der Waals surface area contributed by atoms with E-state index in [4.69, 9.17) is 34.8 Å². The number of rotatable bonds is 3. The van der Waals surface area contributed by atoms with Crippen LogP contribution in [0.4, 0.5) is 11.4 Å². The molecular formula is C20H15Cl3N4O. The summed E-state index contributed by atoms with van der Waals surface area (Å²) >= 11 is 18.4. The van der Waals surface area contributed by atoms with E-state index >= 15 is 0 Å². The average molecular weight is 434 g/mol. The minimum absolute atomic E-state index is 0.308. The number of benzene rings is 2. The monoisotopic (exact) mass is 432 g/mol. The SMILES string of the molecule is Cc1ccc2c(c1)-c1c(C(Cl)Cl)ccn1[C@@H](N=Nc1cccc(Cl)c1)C(=O)N2. The lowest BCUT2D eigenvalue weighted by Crippen LogP contribution is -2.22. The molecule has 0 spiro atoms. The molecule has 0 bridgehead atoms. The van der Waals surface area contributed by atoms with Crippen LogP contribution in [0.5, 0.6) is 0 Å². The fraction of sp³-hybridized carbons (Fsp3) is 0.150. The second kappa shape index (κ2) is 7.59. The van der Waals surface area contributed by atoms with E-state index in [1.54, 1.807) is 41.1 Å². The van der Waals surface area contributed by atoms with Crippen molar-refractivity contribution in [3.63, 3.8) is 0 Å². The molecule has 0 fully saturated rings. The number of amides is 1. The van der Waals surface area contributed by atoms with Crippen LogP contribution in [-0.2, 0) is 4.79 Å². The molecule has 0 saturated carbocycles. The highest BCUT2D eigenvalue weighted by atomic mass is 35.5. The van der Waals surface area contributed by atoms with Gasteiger partial charge >= 0.3 is 0 Å². The van der Waals surface area contributed by atoms with Crippen LogP contribution in [0.15, 0.2) is 65.0 Å². The number of alkyl halides is 2. The van der Waals surface area contributed by atoms with Gasteiger partial charge < -0.3 is 9.88 Å². The van der Waals surface area contributed by atoms with Crippen molar-refractivity contribution in [2.45, 2.75) is 17.9 Å². The highest BCUT2D eigenvalue weighted by Gasteiger charge is 2.31. The first-order chi connectivity index (χ1) is 13.4. The lowest BCUT2D eigenvalue weighted by Gasteiger charge is -2.14. The summed E-state index contributed by atoms with van der Waals surface area (Å²) in [6.07, 6.45) is 0.837. The molecule has 1 aliphatic rings. The Bertz CT molecular complexity index is 1090. The zero-order chi connectivity index (χ0) is 19.8. The van der Waals surface area contributed by atoms with Crippen LogP contribution < -0.4 is 5.32 Å². The van der Waals surface area contributed by atoms with E-state index < -0.39 is 11.0 Å². The van der Waals surface area contributed by atoms with E-state index in [0.29, 0.717) is 22.0 Å². The molecule has 0 saturated heterocycles. The Morgan fingerprint density at radius 1 is 1.14 bits per heavy atom. The van der Waals surface area contributed by atoms with Crippen LogP contribution in [-0.4, -0.2) is 10.5 Å². The summed E-state index contributed by atoms with van der Waals surface area (Å²) in [5, 5.41) is 12.0. The number of hydrogen-bond donors (Lipinski definition) is 1. The predicted molar refractivity (Wildman–Crippen MR) is 113 cm³/mol. The van der Waals surface area contributed by atoms with Crippen LogP contribution >= 0.6 is 34.8 Å². The molecule has 1 N–H and O–H groups in total. The van der Waals surface area contributed by atoms with Gasteiger partial charge in [0.15, 0.2) is 0 Å². The summed E-state index contributed by atoms with van der Waals surface area (Å²) in [7, 11) is 0. The van der Waals surface area contributed by atoms with Crippen LogP contribution in [0.3, 0.4) is 0 Å². The van der Waals surface area contributed by atoms with Gasteiger partial charge in [0.25, 0.3) is 5.91 Å². The third-order valence-corrected chi connectivity index (χ3v) is 5.16. The van der Waals surface area contributed by atoms with Gasteiger partial charge in [0.05, 0.1) is 17.1 Å². The Morgan fingerprint density at radius 3 is 2.71 bits per heavy atom. The number of anilines is 1. The molecule has 142 valence electrons. The summed E-state index contributed by atoms with van der Waals surface area (Å²) in [6.45, 7) is 1.98. The van der Waals surface area contributed by atoms with Gasteiger partial charge in [-0.05, 0) is 43.3 Å². The first-order valence-corrected chi connectivity index (χ1v) is 9.76. The lowest BCUT2D eigenvalue weighted by molar-refractivity contribution is -0.119. The molecule has 28 heavy (non-hydrogen) atoms. The predicted octanol–water partition coefficient (Wildman–Crippen LogP) is 6.83. The number of aromatic nitrogens is 1. The van der Waals surface area contributed by atoms with Crippen LogP contribution in [0.25, 0.3) is 11.3 Å². The smallest absolute Gasteiger partial charge is 0.272 e. The first-order valence-electron chi connectivity index (χ1n) is 8.51. The van der Waals surface area contributed by atoms with Crippen molar-refractivity contribution in [1.29, 1.82) is 0 Å². The van der Waals surface area contributed by atoms with E-state index in [-0.39, 0.29) is 5.91 Å². The van der Waals surface area contributed by atoms with Crippen LogP contribution in [0.1, 0.15) is 22.1 Å². The lowest BCUT2D eigenvalue weighted by atomic mass is 10.0. The van der Waals surface area contributed by atoms with Gasteiger partial charge in [-0.2, -0.15) is 10.2 Å². The molecule has 4 rings (SSSR count). The van der Waals surface area contributed by atoms with Crippen molar-refractivity contribution in [3.8, 4) is 11.3 Å². The quantitative estimate of drug-likeness (QED) is 0.357. The largest absolute Gasteiger partial charge is 0.322 e. The number of hydrogen-bond acceptors (Lipinski definition) is 3. The van der Waals surface area contributed by atoms with Gasteiger partial charge in [0.1, 0.15) is 4.84 Å². The Balaban J connectivity index is 1.86. The number of nitrogens with one attached hydrogen (secondary N) is 1. The van der Waals surface area contributed by atoms with E-state index in [9.17, 15) is 4.79 Å². The first kappa shape index (κ1) is 19.0. The van der Waals surface area contributed by atoms with Crippen molar-refractivity contribution in [2.24, 2.45) is 10.2 Å². The molecule has 0 unspecified atom stereocenters. The number of carbonyl (C=O) groups excluding carboxylic acids is 1. The molecule has 1 atom stereocenters. The zero-order valence-corrected chi connectivity index (χ0v) is 17.0. The fourth-order valence-corrected chi connectivity index (χ4v) is 3.73. The second-order valence-corrected chi connectivity index (χ2v) is 7.97. The summed E-state index contributed by atoms with van der Waals surface area (Å²) < 4.78 is 1.74. The van der Waals surface area contributed by atoms with Gasteiger partial charge in [-0.25, -0.2) is 0 Å². The third kappa shape index (κ3) is 3.53. The molecule has 1 aliphatic heterocycles. The highest BCUT2D eigenvalue weighted by Crippen LogP contribution is 2.42. The molecular weight excluding hydrogens is 419 g/mol. The summed E-state index contributed by atoms with van der Waals surface area (Å²) in [5.41, 5.74) is 4.55. The normalized spacial score (nSPS) is 16.0. The van der Waals surface area contributed by atoms with Crippen LogP contribution in [0.2, 0.25) is 5.02 Å². The number of carbonyl (C=O) groups is 1. The number of azo groups is 1. The Morgan fingerprint density at radius 2 is 1.96 bits per heavy atom. The molecule has 2 heterocycles. The minimum Gasteiger partial charge on any atom is -0.322 e. The van der Waals surface area contributed by atoms with Gasteiger partial charge in [0.2, 0.25) is 6.17 Å². The van der Waals surface area contributed by atoms with E-state index in [2.05, 4.69) is 15.5 Å². The molecule has 8 heteroatoms. The summed E-state index contributed by atoms with van der Waals surface area (Å²) in [4.78, 5) is 12.2. The van der Waals surface area contributed by atoms with Crippen molar-refractivity contribution in [3.05, 3.63) is 70.9 Å². The molecule has 0 radical (unpaired) electrons. The van der Waals surface area contributed by atoms with Crippen molar-refractivity contribution >= 4 is 52.1 Å². The second-order valence-electron chi connectivity index (χ2n) is 6.43. The Kier molecular flexibility index (Phi) is 5.15. The maximum Gasteiger partial charge on any atom is 0.272 e. The number of halogens is 3. The van der Waals surface area contributed by atoms with Gasteiger partial charge in [-0.3, -0.25) is 4.79 Å². The van der Waals surface area contributed by atoms with E-state index in [0.717, 1.165) is 16.8 Å². The van der Waals surface area contributed by atoms with Crippen molar-refractivity contribution in [1.82, 2.24) is 4.57 Å². The molecule has 3 aromatic rings. The minimum atomic E-state index is -0.914. The van der Waals surface area contributed by atoms with Crippen molar-refractivity contribution < 1.29 is 4.79 Å². The molecule has 5 nitrogen and oxygen atoms in total. The number of aryl methyl sites for hydroxylation is 1. The zero-order valence-electron chi connectivity index (χ0n) is 14.7. The molecule has 2 aromatic carbocycles. The maximum atomic E-state index is 12.9. The Hall–Kier alpha value is -2.34. The average Bonchev–Trinajstić information content (AvgIpc) is 3.04. The molecule has 0 aliphatic carbocycles. The van der Waals surface area contributed by atoms with Gasteiger partial charge in [-0.1, -0.05) is 52.5 Å². The third-order valence-electron chi connectivity index (χ3n) is 4.46. The maximum absolute atomic E-state index is 12.9. The topological polar surface area (TPSA) is 58.8 Å². The summed E-state index contributed by atoms with van der Waals surface area (Å²) in [6, 6.07) is 14.5. The van der Waals surface area contributed by atoms with Crippen molar-refractivity contribution in [2.75, 3.05) is 5.32 Å². The fourth-order valence-electron chi connectivity index (χ4n) is 3.19. The highest BCUT2D eigenvalue weighted by molar-refractivity contribution is 6.44. The number of nitrogens with zero attached hydrogens (tertiary/aromatic N) is 3. The standard InChI is InChI=1S/C20H15Cl3N4O/c1-11-5-6-16-15(9-11)17-14(18(22)23)7-8-27(17)19(20(28)24-16)26-25-13-4-2-3-12(21)10-13/h2-10,18-19H,1H3,(H,24,28)/t19-/m1/s1. The van der Waals surface area contributed by atoms with Gasteiger partial charge in [0, 0.05) is 22.3 Å². The number of fused-ring (bicyclic) bond motifs is 3. The van der Waals surface area contributed by atoms with Gasteiger partial charge in [-0.15, -0.1) is 0 Å². The molecule has 1 aromatic heterocycles.